The van der Waals surface area contributed by atoms with Crippen LogP contribution in [0.25, 0.3) is 0 Å². The lowest BCUT2D eigenvalue weighted by Gasteiger charge is -2.50. The third-order valence-corrected chi connectivity index (χ3v) is 9.12. The van der Waals surface area contributed by atoms with Crippen LogP contribution in [0.3, 0.4) is 0 Å². The standard InChI is InChI=1S/C39H59NO5/c1-34(2,3)24-19-26(31(41)29(20-24)37(10,11)12)32(42)30-27(35(4,5)6)17-23(18-28(30)36(7,8)9)33(43)45-25-21-38(13,14)40(44)39(15,16)22-25/h17-20,25,41,44H,21-22H2,1-16H3. The molecule has 2 aromatic rings. The third kappa shape index (κ3) is 7.65. The van der Waals surface area contributed by atoms with Gasteiger partial charge in [-0.3, -0.25) is 4.79 Å². The van der Waals surface area contributed by atoms with Crippen LogP contribution >= 0.6 is 0 Å². The fourth-order valence-corrected chi connectivity index (χ4v) is 6.62. The number of ether oxygens (including phenoxy) is 1. The van der Waals surface area contributed by atoms with Crippen LogP contribution < -0.4 is 0 Å². The molecule has 0 bridgehead atoms. The summed E-state index contributed by atoms with van der Waals surface area (Å²) in [6.45, 7) is 32.4. The van der Waals surface area contributed by atoms with Gasteiger partial charge in [0.2, 0.25) is 0 Å². The van der Waals surface area contributed by atoms with Gasteiger partial charge in [0.25, 0.3) is 0 Å². The van der Waals surface area contributed by atoms with Crippen LogP contribution in [-0.2, 0) is 26.4 Å². The van der Waals surface area contributed by atoms with Gasteiger partial charge in [-0.1, -0.05) is 89.2 Å². The molecule has 0 aromatic heterocycles. The Kier molecular flexibility index (Phi) is 9.41. The number of esters is 1. The zero-order valence-corrected chi connectivity index (χ0v) is 30.9. The monoisotopic (exact) mass is 621 g/mol. The van der Waals surface area contributed by atoms with E-state index in [1.165, 1.54) is 5.06 Å². The molecule has 3 rings (SSSR count). The topological polar surface area (TPSA) is 87.1 Å². The number of piperidine rings is 1. The lowest BCUT2D eigenvalue weighted by atomic mass is 9.72. The van der Waals surface area contributed by atoms with Crippen molar-refractivity contribution in [3.63, 3.8) is 0 Å². The van der Waals surface area contributed by atoms with Gasteiger partial charge in [-0.2, -0.15) is 5.06 Å². The lowest BCUT2D eigenvalue weighted by molar-refractivity contribution is -0.256. The minimum absolute atomic E-state index is 0.00385. The van der Waals surface area contributed by atoms with Gasteiger partial charge in [-0.05, 0) is 84.2 Å². The Bertz CT molecular complexity index is 1420. The van der Waals surface area contributed by atoms with Crippen molar-refractivity contribution in [2.24, 2.45) is 0 Å². The van der Waals surface area contributed by atoms with E-state index >= 15 is 0 Å². The second kappa shape index (κ2) is 11.5. The van der Waals surface area contributed by atoms with Crippen molar-refractivity contribution >= 4 is 11.8 Å². The van der Waals surface area contributed by atoms with E-state index in [1.54, 1.807) is 12.1 Å². The molecular formula is C39H59NO5. The Balaban J connectivity index is 2.27. The normalized spacial score (nSPS) is 18.2. The summed E-state index contributed by atoms with van der Waals surface area (Å²) in [5.41, 5.74) is 1.59. The second-order valence-corrected chi connectivity index (χ2v) is 18.6. The molecule has 0 radical (unpaired) electrons. The number of hydroxylamine groups is 2. The molecule has 2 aromatic carbocycles. The number of hydrogen-bond donors (Lipinski definition) is 2. The maximum Gasteiger partial charge on any atom is 0.338 e. The Labute approximate surface area is 272 Å². The third-order valence-electron chi connectivity index (χ3n) is 9.12. The van der Waals surface area contributed by atoms with Gasteiger partial charge in [-0.25, -0.2) is 4.79 Å². The predicted octanol–water partition coefficient (Wildman–Crippen LogP) is 9.38. The number of carbonyl (C=O) groups excluding carboxylic acids is 2. The fraction of sp³-hybridized carbons (Fsp3) is 0.641. The Hall–Kier alpha value is -2.70. The Morgan fingerprint density at radius 2 is 1.13 bits per heavy atom. The fourth-order valence-electron chi connectivity index (χ4n) is 6.62. The molecule has 6 nitrogen and oxygen atoms in total. The van der Waals surface area contributed by atoms with Crippen LogP contribution in [0.15, 0.2) is 24.3 Å². The summed E-state index contributed by atoms with van der Waals surface area (Å²) >= 11 is 0. The Morgan fingerprint density at radius 3 is 1.51 bits per heavy atom. The first-order chi connectivity index (χ1) is 20.0. The summed E-state index contributed by atoms with van der Waals surface area (Å²) in [4.78, 5) is 28.7. The lowest BCUT2D eigenvalue weighted by Crippen LogP contribution is -2.60. The Morgan fingerprint density at radius 1 is 0.711 bits per heavy atom. The van der Waals surface area contributed by atoms with E-state index in [1.807, 2.05) is 102 Å². The second-order valence-electron chi connectivity index (χ2n) is 18.6. The molecule has 0 aliphatic carbocycles. The molecule has 1 aliphatic rings. The van der Waals surface area contributed by atoms with E-state index in [0.717, 1.165) is 22.3 Å². The van der Waals surface area contributed by atoms with Crippen LogP contribution in [0.5, 0.6) is 5.75 Å². The summed E-state index contributed by atoms with van der Waals surface area (Å²) in [7, 11) is 0. The number of carbonyl (C=O) groups is 2. The number of hydrogen-bond acceptors (Lipinski definition) is 6. The highest BCUT2D eigenvalue weighted by atomic mass is 16.5. The van der Waals surface area contributed by atoms with Gasteiger partial charge in [0.05, 0.1) is 11.1 Å². The maximum atomic E-state index is 14.8. The molecule has 0 spiro atoms. The quantitative estimate of drug-likeness (QED) is 0.261. The molecule has 2 N–H and O–H groups in total. The van der Waals surface area contributed by atoms with Crippen LogP contribution in [-0.4, -0.2) is 44.3 Å². The number of nitrogens with zero attached hydrogens (tertiary/aromatic N) is 1. The molecule has 0 amide bonds. The average molecular weight is 622 g/mol. The molecule has 0 atom stereocenters. The highest BCUT2D eigenvalue weighted by Crippen LogP contribution is 2.43. The van der Waals surface area contributed by atoms with E-state index in [9.17, 15) is 19.9 Å². The van der Waals surface area contributed by atoms with Crippen molar-refractivity contribution in [2.75, 3.05) is 0 Å². The SMILES string of the molecule is CC(C)(C)c1cc(C(=O)c2c(C(C)(C)C)cc(C(=O)OC3CC(C)(C)N(O)C(C)(C)C3)cc2C(C)(C)C)c(O)c(C(C)(C)C)c1. The van der Waals surface area contributed by atoms with Crippen molar-refractivity contribution < 1.29 is 24.6 Å². The average Bonchev–Trinajstić information content (AvgIpc) is 2.83. The highest BCUT2D eigenvalue weighted by molar-refractivity contribution is 6.13. The van der Waals surface area contributed by atoms with Crippen molar-refractivity contribution in [3.05, 3.63) is 63.2 Å². The molecular weight excluding hydrogens is 562 g/mol. The smallest absolute Gasteiger partial charge is 0.338 e. The number of phenols is 1. The summed E-state index contributed by atoms with van der Waals surface area (Å²) in [6, 6.07) is 7.46. The highest BCUT2D eigenvalue weighted by Gasteiger charge is 2.46. The molecule has 45 heavy (non-hydrogen) atoms. The first kappa shape index (κ1) is 36.8. The number of phenolic OH excluding ortho intramolecular Hbond substituents is 1. The van der Waals surface area contributed by atoms with E-state index in [-0.39, 0.29) is 34.0 Å². The predicted molar refractivity (Wildman–Crippen MR) is 183 cm³/mol. The first-order valence-electron chi connectivity index (χ1n) is 16.3. The van der Waals surface area contributed by atoms with Gasteiger partial charge in [-0.15, -0.1) is 0 Å². The van der Waals surface area contributed by atoms with E-state index in [2.05, 4.69) is 20.8 Å². The molecule has 6 heteroatoms. The zero-order valence-electron chi connectivity index (χ0n) is 30.9. The molecule has 250 valence electrons. The van der Waals surface area contributed by atoms with Crippen molar-refractivity contribution in [3.8, 4) is 5.75 Å². The number of ketones is 1. The number of benzene rings is 2. The molecule has 1 heterocycles. The zero-order chi connectivity index (χ0) is 34.9. The van der Waals surface area contributed by atoms with Gasteiger partial charge < -0.3 is 15.1 Å². The minimum atomic E-state index is -0.564. The van der Waals surface area contributed by atoms with Crippen molar-refractivity contribution in [2.45, 2.75) is 162 Å². The van der Waals surface area contributed by atoms with Gasteiger partial charge >= 0.3 is 5.97 Å². The summed E-state index contributed by atoms with van der Waals surface area (Å²) in [5.74, 6) is -0.692. The number of aromatic hydroxyl groups is 1. The van der Waals surface area contributed by atoms with Crippen LogP contribution in [0, 0.1) is 0 Å². The minimum Gasteiger partial charge on any atom is -0.507 e. The molecule has 1 fully saturated rings. The van der Waals surface area contributed by atoms with Crippen molar-refractivity contribution in [1.29, 1.82) is 0 Å². The first-order valence-corrected chi connectivity index (χ1v) is 16.3. The molecule has 1 aliphatic heterocycles. The van der Waals surface area contributed by atoms with E-state index in [4.69, 9.17) is 4.74 Å². The molecule has 0 saturated carbocycles. The van der Waals surface area contributed by atoms with Gasteiger partial charge in [0.1, 0.15) is 11.9 Å². The van der Waals surface area contributed by atoms with Crippen LogP contribution in [0.4, 0.5) is 0 Å². The van der Waals surface area contributed by atoms with Crippen LogP contribution in [0.2, 0.25) is 0 Å². The summed E-state index contributed by atoms with van der Waals surface area (Å²) in [6.07, 6.45) is 0.608. The molecule has 0 unspecified atom stereocenters. The van der Waals surface area contributed by atoms with Gasteiger partial charge in [0, 0.05) is 35.0 Å². The summed E-state index contributed by atoms with van der Waals surface area (Å²) in [5, 5.41) is 23.8. The number of rotatable bonds is 4. The maximum absolute atomic E-state index is 14.8. The van der Waals surface area contributed by atoms with E-state index < -0.39 is 27.9 Å². The van der Waals surface area contributed by atoms with E-state index in [0.29, 0.717) is 24.0 Å². The summed E-state index contributed by atoms with van der Waals surface area (Å²) < 4.78 is 6.14. The molecule has 1 saturated heterocycles. The van der Waals surface area contributed by atoms with Crippen molar-refractivity contribution in [1.82, 2.24) is 5.06 Å². The largest absolute Gasteiger partial charge is 0.507 e. The van der Waals surface area contributed by atoms with Crippen LogP contribution in [0.1, 0.15) is 172 Å². The van der Waals surface area contributed by atoms with Gasteiger partial charge in [0.15, 0.2) is 5.78 Å².